The maximum absolute atomic E-state index is 12.7. The summed E-state index contributed by atoms with van der Waals surface area (Å²) in [6.07, 6.45) is 3.46. The minimum absolute atomic E-state index is 0.0162. The summed E-state index contributed by atoms with van der Waals surface area (Å²) in [5.74, 6) is 1.43. The highest BCUT2D eigenvalue weighted by atomic mass is 16.4. The van der Waals surface area contributed by atoms with Crippen LogP contribution in [0.25, 0.3) is 11.3 Å². The number of aromatic nitrogens is 1. The molecule has 4 aromatic rings. The van der Waals surface area contributed by atoms with Gasteiger partial charge in [0.15, 0.2) is 11.7 Å². The van der Waals surface area contributed by atoms with Gasteiger partial charge in [0.05, 0.1) is 12.2 Å². The van der Waals surface area contributed by atoms with Crippen LogP contribution in [0.15, 0.2) is 102 Å². The highest BCUT2D eigenvalue weighted by molar-refractivity contribution is 5.77. The van der Waals surface area contributed by atoms with Crippen LogP contribution in [0, 0.1) is 0 Å². The van der Waals surface area contributed by atoms with Crippen molar-refractivity contribution in [1.82, 2.24) is 10.3 Å². The smallest absolute Gasteiger partial charge is 0.220 e. The predicted octanol–water partition coefficient (Wildman–Crippen LogP) is 5.57. The minimum Gasteiger partial charge on any atom is -0.441 e. The molecule has 0 atom stereocenters. The molecule has 0 bridgehead atoms. The van der Waals surface area contributed by atoms with E-state index in [0.29, 0.717) is 25.2 Å². The summed E-state index contributed by atoms with van der Waals surface area (Å²) in [6.45, 7) is 0. The summed E-state index contributed by atoms with van der Waals surface area (Å²) in [6, 6.07) is 29.8. The number of amides is 1. The van der Waals surface area contributed by atoms with Gasteiger partial charge in [0.25, 0.3) is 0 Å². The van der Waals surface area contributed by atoms with E-state index < -0.39 is 0 Å². The second kappa shape index (κ2) is 9.70. The zero-order chi connectivity index (χ0) is 20.6. The van der Waals surface area contributed by atoms with Crippen molar-refractivity contribution in [3.63, 3.8) is 0 Å². The van der Waals surface area contributed by atoms with Crippen molar-refractivity contribution in [2.75, 3.05) is 0 Å². The zero-order valence-corrected chi connectivity index (χ0v) is 16.7. The number of oxazole rings is 1. The lowest BCUT2D eigenvalue weighted by Crippen LogP contribution is -2.29. The Hall–Kier alpha value is -3.66. The lowest BCUT2D eigenvalue weighted by atomic mass is 9.98. The Morgan fingerprint density at radius 3 is 2.00 bits per heavy atom. The van der Waals surface area contributed by atoms with Crippen LogP contribution < -0.4 is 5.32 Å². The fraction of sp³-hybridized carbons (Fsp3) is 0.154. The molecule has 0 saturated heterocycles. The second-order valence-electron chi connectivity index (χ2n) is 7.16. The monoisotopic (exact) mass is 396 g/mol. The average molecular weight is 396 g/mol. The number of hydrogen-bond donors (Lipinski definition) is 1. The molecular formula is C26H24N2O2. The molecule has 4 heteroatoms. The predicted molar refractivity (Wildman–Crippen MR) is 118 cm³/mol. The number of aryl methyl sites for hydroxylation is 1. The molecule has 0 radical (unpaired) electrons. The molecule has 0 aliphatic rings. The molecule has 1 amide bonds. The molecule has 0 aliphatic carbocycles. The van der Waals surface area contributed by atoms with E-state index in [1.54, 1.807) is 6.20 Å². The number of carbonyl (C=O) groups excluding carboxylic acids is 1. The van der Waals surface area contributed by atoms with Crippen molar-refractivity contribution in [2.45, 2.75) is 25.3 Å². The number of carbonyl (C=O) groups is 1. The Labute approximate surface area is 176 Å². The van der Waals surface area contributed by atoms with Crippen LogP contribution in [0.2, 0.25) is 0 Å². The van der Waals surface area contributed by atoms with E-state index in [2.05, 4.69) is 10.3 Å². The van der Waals surface area contributed by atoms with Crippen LogP contribution in [0.1, 0.15) is 35.9 Å². The molecule has 0 saturated carbocycles. The molecule has 1 N–H and O–H groups in total. The molecule has 150 valence electrons. The van der Waals surface area contributed by atoms with Gasteiger partial charge in [-0.2, -0.15) is 0 Å². The molecule has 0 aliphatic heterocycles. The zero-order valence-electron chi connectivity index (χ0n) is 16.7. The fourth-order valence-corrected chi connectivity index (χ4v) is 3.45. The summed E-state index contributed by atoms with van der Waals surface area (Å²) in [5.41, 5.74) is 3.14. The summed E-state index contributed by atoms with van der Waals surface area (Å²) in [7, 11) is 0. The number of benzene rings is 3. The van der Waals surface area contributed by atoms with Gasteiger partial charge in [-0.05, 0) is 17.5 Å². The van der Waals surface area contributed by atoms with Crippen molar-refractivity contribution < 1.29 is 9.21 Å². The lowest BCUT2D eigenvalue weighted by molar-refractivity contribution is -0.121. The first-order valence-electron chi connectivity index (χ1n) is 10.2. The molecule has 0 spiro atoms. The molecule has 3 aromatic carbocycles. The molecule has 30 heavy (non-hydrogen) atoms. The molecule has 4 rings (SSSR count). The normalized spacial score (nSPS) is 10.8. The van der Waals surface area contributed by atoms with E-state index >= 15 is 0 Å². The highest BCUT2D eigenvalue weighted by Gasteiger charge is 2.16. The molecule has 0 fully saturated rings. The first-order valence-corrected chi connectivity index (χ1v) is 10.2. The van der Waals surface area contributed by atoms with Gasteiger partial charge in [-0.1, -0.05) is 91.0 Å². The van der Waals surface area contributed by atoms with E-state index in [0.717, 1.165) is 22.5 Å². The second-order valence-corrected chi connectivity index (χ2v) is 7.16. The lowest BCUT2D eigenvalue weighted by Gasteiger charge is -2.20. The standard InChI is InChI=1S/C26H24N2O2/c29-24(17-10-18-25-27-19-23(30-25)20-11-4-1-5-12-20)28-26(21-13-6-2-7-14-21)22-15-8-3-9-16-22/h1-9,11-16,19,26H,10,17-18H2,(H,28,29). The molecular weight excluding hydrogens is 372 g/mol. The Morgan fingerprint density at radius 2 is 1.40 bits per heavy atom. The van der Waals surface area contributed by atoms with E-state index in [-0.39, 0.29) is 11.9 Å². The number of rotatable bonds is 8. The van der Waals surface area contributed by atoms with E-state index in [4.69, 9.17) is 4.42 Å². The third-order valence-corrected chi connectivity index (χ3v) is 4.98. The largest absolute Gasteiger partial charge is 0.441 e. The SMILES string of the molecule is O=C(CCCc1ncc(-c2ccccc2)o1)NC(c1ccccc1)c1ccccc1. The summed E-state index contributed by atoms with van der Waals surface area (Å²) in [5, 5.41) is 3.18. The first kappa shape index (κ1) is 19.6. The Kier molecular flexibility index (Phi) is 6.35. The van der Waals surface area contributed by atoms with Gasteiger partial charge < -0.3 is 9.73 Å². The van der Waals surface area contributed by atoms with Crippen molar-refractivity contribution >= 4 is 5.91 Å². The summed E-state index contributed by atoms with van der Waals surface area (Å²) < 4.78 is 5.83. The molecule has 4 nitrogen and oxygen atoms in total. The fourth-order valence-electron chi connectivity index (χ4n) is 3.45. The van der Waals surface area contributed by atoms with Crippen molar-refractivity contribution in [3.05, 3.63) is 114 Å². The van der Waals surface area contributed by atoms with E-state index in [1.165, 1.54) is 0 Å². The summed E-state index contributed by atoms with van der Waals surface area (Å²) in [4.78, 5) is 17.0. The van der Waals surface area contributed by atoms with Crippen molar-refractivity contribution in [3.8, 4) is 11.3 Å². The van der Waals surface area contributed by atoms with Gasteiger partial charge in [0.2, 0.25) is 5.91 Å². The number of nitrogens with one attached hydrogen (secondary N) is 1. The van der Waals surface area contributed by atoms with Gasteiger partial charge in [-0.15, -0.1) is 0 Å². The van der Waals surface area contributed by atoms with Crippen LogP contribution >= 0.6 is 0 Å². The summed E-state index contributed by atoms with van der Waals surface area (Å²) >= 11 is 0. The van der Waals surface area contributed by atoms with Crippen LogP contribution in [-0.2, 0) is 11.2 Å². The highest BCUT2D eigenvalue weighted by Crippen LogP contribution is 2.23. The Bertz CT molecular complexity index is 1020. The third kappa shape index (κ3) is 5.03. The quantitative estimate of drug-likeness (QED) is 0.424. The van der Waals surface area contributed by atoms with Crippen LogP contribution in [0.5, 0.6) is 0 Å². The van der Waals surface area contributed by atoms with Crippen LogP contribution in [-0.4, -0.2) is 10.9 Å². The number of hydrogen-bond acceptors (Lipinski definition) is 3. The van der Waals surface area contributed by atoms with E-state index in [1.807, 2.05) is 91.0 Å². The third-order valence-electron chi connectivity index (χ3n) is 4.98. The molecule has 1 aromatic heterocycles. The first-order chi connectivity index (χ1) is 14.8. The van der Waals surface area contributed by atoms with Gasteiger partial charge in [-0.3, -0.25) is 4.79 Å². The van der Waals surface area contributed by atoms with Gasteiger partial charge in [0.1, 0.15) is 0 Å². The van der Waals surface area contributed by atoms with Crippen molar-refractivity contribution in [2.24, 2.45) is 0 Å². The van der Waals surface area contributed by atoms with Gasteiger partial charge in [0, 0.05) is 18.4 Å². The van der Waals surface area contributed by atoms with E-state index in [9.17, 15) is 4.79 Å². The maximum Gasteiger partial charge on any atom is 0.220 e. The Morgan fingerprint density at radius 1 is 0.833 bits per heavy atom. The average Bonchev–Trinajstić information content (AvgIpc) is 3.28. The number of nitrogens with zero attached hydrogens (tertiary/aromatic N) is 1. The van der Waals surface area contributed by atoms with Gasteiger partial charge in [-0.25, -0.2) is 4.98 Å². The Balaban J connectivity index is 1.35. The topological polar surface area (TPSA) is 55.1 Å². The molecule has 0 unspecified atom stereocenters. The van der Waals surface area contributed by atoms with Crippen LogP contribution in [0.3, 0.4) is 0 Å². The maximum atomic E-state index is 12.7. The minimum atomic E-state index is -0.161. The van der Waals surface area contributed by atoms with Crippen molar-refractivity contribution in [1.29, 1.82) is 0 Å². The molecule has 1 heterocycles. The van der Waals surface area contributed by atoms with Crippen LogP contribution in [0.4, 0.5) is 0 Å². The van der Waals surface area contributed by atoms with Gasteiger partial charge >= 0.3 is 0 Å².